The molecule has 0 spiro atoms. The molecule has 12 heteroatoms. The number of anilines is 1. The average molecular weight is 619 g/mol. The van der Waals surface area contributed by atoms with E-state index in [0.717, 1.165) is 0 Å². The number of carbonyl (C=O) groups excluding carboxylic acids is 1. The standard InChI is InChI=1S/C32H35ClN6O5/c1-8-35-25-12-10-21(16-26(25)34-6)37-30(41)27(13-14-43-32(3,4)5)39-18-28(42-7)24(17-29(39)40)23-15-20(33)9-11-22(23)31-36-19(2)38-44-31/h8-12,15-18,27H,6,13-14H2,1-5,7H3,(H,37,41)/b35-8-. The zero-order valence-corrected chi connectivity index (χ0v) is 26.3. The number of amides is 1. The summed E-state index contributed by atoms with van der Waals surface area (Å²) in [6.07, 6.45) is 3.37. The smallest absolute Gasteiger partial charge is 0.258 e. The molecular formula is C32H35ClN6O5. The van der Waals surface area contributed by atoms with E-state index in [1.54, 1.807) is 56.5 Å². The summed E-state index contributed by atoms with van der Waals surface area (Å²) in [6.45, 7) is 13.1. The van der Waals surface area contributed by atoms with Gasteiger partial charge in [-0.1, -0.05) is 16.8 Å². The lowest BCUT2D eigenvalue weighted by atomic mass is 9.99. The molecule has 0 radical (unpaired) electrons. The molecule has 2 heterocycles. The number of hydrogen-bond acceptors (Lipinski definition) is 9. The summed E-state index contributed by atoms with van der Waals surface area (Å²) >= 11 is 6.36. The molecule has 2 aromatic heterocycles. The Hall–Kier alpha value is -4.61. The van der Waals surface area contributed by atoms with E-state index in [9.17, 15) is 9.59 Å². The van der Waals surface area contributed by atoms with Crippen LogP contribution >= 0.6 is 11.6 Å². The van der Waals surface area contributed by atoms with Gasteiger partial charge in [-0.2, -0.15) is 4.98 Å². The summed E-state index contributed by atoms with van der Waals surface area (Å²) < 4.78 is 18.4. The summed E-state index contributed by atoms with van der Waals surface area (Å²) in [4.78, 5) is 40.2. The van der Waals surface area contributed by atoms with Crippen molar-refractivity contribution in [2.45, 2.75) is 52.7 Å². The third-order valence-corrected chi connectivity index (χ3v) is 6.78. The molecule has 1 unspecified atom stereocenters. The normalized spacial score (nSPS) is 12.3. The Morgan fingerprint density at radius 3 is 2.57 bits per heavy atom. The van der Waals surface area contributed by atoms with E-state index < -0.39 is 23.1 Å². The van der Waals surface area contributed by atoms with Crippen molar-refractivity contribution in [1.29, 1.82) is 0 Å². The molecule has 0 aliphatic heterocycles. The molecule has 11 nitrogen and oxygen atoms in total. The van der Waals surface area contributed by atoms with Gasteiger partial charge in [0, 0.05) is 47.1 Å². The molecule has 44 heavy (non-hydrogen) atoms. The van der Waals surface area contributed by atoms with E-state index in [1.807, 2.05) is 20.8 Å². The third-order valence-electron chi connectivity index (χ3n) is 6.54. The van der Waals surface area contributed by atoms with Crippen LogP contribution in [0.4, 0.5) is 17.1 Å². The van der Waals surface area contributed by atoms with E-state index in [1.165, 1.54) is 23.9 Å². The molecule has 0 fully saturated rings. The number of pyridine rings is 1. The fraction of sp³-hybridized carbons (Fsp3) is 0.312. The number of hydrogen-bond donors (Lipinski definition) is 1. The highest BCUT2D eigenvalue weighted by molar-refractivity contribution is 6.31. The van der Waals surface area contributed by atoms with Gasteiger partial charge in [-0.3, -0.25) is 24.1 Å². The summed E-state index contributed by atoms with van der Waals surface area (Å²) in [5.41, 5.74) is 2.29. The van der Waals surface area contributed by atoms with Crippen molar-refractivity contribution in [1.82, 2.24) is 14.7 Å². The number of aromatic nitrogens is 3. The van der Waals surface area contributed by atoms with E-state index in [4.69, 9.17) is 25.6 Å². The van der Waals surface area contributed by atoms with Crippen LogP contribution in [0.3, 0.4) is 0 Å². The zero-order valence-electron chi connectivity index (χ0n) is 25.6. The quantitative estimate of drug-likeness (QED) is 0.179. The van der Waals surface area contributed by atoms with Crippen molar-refractivity contribution in [3.05, 3.63) is 69.9 Å². The lowest BCUT2D eigenvalue weighted by Crippen LogP contribution is -2.34. The lowest BCUT2D eigenvalue weighted by Gasteiger charge is -2.24. The van der Waals surface area contributed by atoms with Gasteiger partial charge >= 0.3 is 0 Å². The van der Waals surface area contributed by atoms with Crippen LogP contribution in [0, 0.1) is 6.92 Å². The summed E-state index contributed by atoms with van der Waals surface area (Å²) in [6, 6.07) is 10.7. The first-order chi connectivity index (χ1) is 20.9. The maximum atomic E-state index is 13.8. The zero-order chi connectivity index (χ0) is 32.0. The van der Waals surface area contributed by atoms with Crippen LogP contribution in [0.5, 0.6) is 5.75 Å². The van der Waals surface area contributed by atoms with Crippen molar-refractivity contribution in [3.63, 3.8) is 0 Å². The number of ether oxygens (including phenoxy) is 2. The van der Waals surface area contributed by atoms with Crippen LogP contribution < -0.4 is 15.6 Å². The van der Waals surface area contributed by atoms with Crippen LogP contribution in [0.2, 0.25) is 5.02 Å². The Kier molecular flexibility index (Phi) is 10.1. The SMILES string of the molecule is C=Nc1cc(NC(=O)C(CCOC(C)(C)C)n2cc(OC)c(-c3cc(Cl)ccc3-c3nc(C)no3)cc2=O)ccc1/N=C\C. The van der Waals surface area contributed by atoms with Gasteiger partial charge in [-0.25, -0.2) is 0 Å². The van der Waals surface area contributed by atoms with Crippen LogP contribution in [0.15, 0.2) is 68.0 Å². The molecule has 0 aliphatic carbocycles. The van der Waals surface area contributed by atoms with Crippen molar-refractivity contribution >= 4 is 47.5 Å². The molecule has 230 valence electrons. The van der Waals surface area contributed by atoms with Gasteiger partial charge in [0.25, 0.3) is 11.4 Å². The highest BCUT2D eigenvalue weighted by Gasteiger charge is 2.26. The summed E-state index contributed by atoms with van der Waals surface area (Å²) in [7, 11) is 1.48. The van der Waals surface area contributed by atoms with Gasteiger partial charge in [0.15, 0.2) is 5.82 Å². The Labute approximate surface area is 260 Å². The van der Waals surface area contributed by atoms with Gasteiger partial charge < -0.3 is 19.3 Å². The number of nitrogens with zero attached hydrogens (tertiary/aromatic N) is 5. The number of halogens is 1. The van der Waals surface area contributed by atoms with E-state index in [-0.39, 0.29) is 18.9 Å². The van der Waals surface area contributed by atoms with Gasteiger partial charge in [0.05, 0.1) is 30.3 Å². The van der Waals surface area contributed by atoms with E-state index in [2.05, 4.69) is 32.2 Å². The number of nitrogens with one attached hydrogen (secondary N) is 1. The summed E-state index contributed by atoms with van der Waals surface area (Å²) in [5.74, 6) is 0.629. The van der Waals surface area contributed by atoms with Crippen LogP contribution in [0.1, 0.15) is 46.0 Å². The lowest BCUT2D eigenvalue weighted by molar-refractivity contribution is -0.120. The number of aryl methyl sites for hydroxylation is 1. The van der Waals surface area contributed by atoms with Crippen molar-refractivity contribution in [3.8, 4) is 28.3 Å². The average Bonchev–Trinajstić information content (AvgIpc) is 3.41. The van der Waals surface area contributed by atoms with E-state index >= 15 is 0 Å². The third kappa shape index (κ3) is 7.66. The Bertz CT molecular complexity index is 1750. The molecule has 0 aliphatic rings. The highest BCUT2D eigenvalue weighted by atomic mass is 35.5. The largest absolute Gasteiger partial charge is 0.495 e. The molecule has 1 atom stereocenters. The fourth-order valence-corrected chi connectivity index (χ4v) is 4.72. The predicted octanol–water partition coefficient (Wildman–Crippen LogP) is 6.98. The second-order valence-corrected chi connectivity index (χ2v) is 11.3. The molecule has 0 bridgehead atoms. The molecule has 2 aromatic carbocycles. The second-order valence-electron chi connectivity index (χ2n) is 10.8. The molecule has 0 saturated carbocycles. The van der Waals surface area contributed by atoms with Gasteiger partial charge in [0.1, 0.15) is 11.8 Å². The Morgan fingerprint density at radius 2 is 1.93 bits per heavy atom. The maximum absolute atomic E-state index is 13.8. The van der Waals surface area contributed by atoms with Crippen molar-refractivity contribution < 1.29 is 18.8 Å². The number of methoxy groups -OCH3 is 1. The number of carbonyl (C=O) groups is 1. The van der Waals surface area contributed by atoms with Crippen LogP contribution in [0.25, 0.3) is 22.6 Å². The fourth-order valence-electron chi connectivity index (χ4n) is 4.55. The minimum atomic E-state index is -0.946. The van der Waals surface area contributed by atoms with E-state index in [0.29, 0.717) is 50.3 Å². The number of rotatable bonds is 11. The molecule has 1 amide bonds. The van der Waals surface area contributed by atoms with Crippen LogP contribution in [-0.2, 0) is 9.53 Å². The summed E-state index contributed by atoms with van der Waals surface area (Å²) in [5, 5.41) is 7.22. The minimum Gasteiger partial charge on any atom is -0.495 e. The molecule has 1 N–H and O–H groups in total. The minimum absolute atomic E-state index is 0.208. The first-order valence-electron chi connectivity index (χ1n) is 13.9. The van der Waals surface area contributed by atoms with Gasteiger partial charge in [0.2, 0.25) is 5.91 Å². The Balaban J connectivity index is 1.77. The topological polar surface area (TPSA) is 133 Å². The molecule has 0 saturated heterocycles. The molecule has 4 rings (SSSR count). The predicted molar refractivity (Wildman–Crippen MR) is 173 cm³/mol. The van der Waals surface area contributed by atoms with Crippen LogP contribution in [-0.4, -0.2) is 52.9 Å². The number of aliphatic imine (C=N–C) groups is 2. The molecule has 4 aromatic rings. The number of benzene rings is 2. The molecular weight excluding hydrogens is 584 g/mol. The van der Waals surface area contributed by atoms with Crippen molar-refractivity contribution in [2.75, 3.05) is 19.0 Å². The monoisotopic (exact) mass is 618 g/mol. The van der Waals surface area contributed by atoms with Gasteiger partial charge in [-0.15, -0.1) is 0 Å². The second kappa shape index (κ2) is 13.8. The van der Waals surface area contributed by atoms with Crippen molar-refractivity contribution in [2.24, 2.45) is 9.98 Å². The first-order valence-corrected chi connectivity index (χ1v) is 14.3. The Morgan fingerprint density at radius 1 is 1.16 bits per heavy atom. The highest BCUT2D eigenvalue weighted by Crippen LogP contribution is 2.38. The maximum Gasteiger partial charge on any atom is 0.258 e. The van der Waals surface area contributed by atoms with Gasteiger partial charge in [-0.05, 0) is 83.3 Å². The first kappa shape index (κ1) is 32.3.